The third-order valence-electron chi connectivity index (χ3n) is 5.46. The molecular weight excluding hydrogens is 431 g/mol. The molecule has 3 aromatic rings. The van der Waals surface area contributed by atoms with Gasteiger partial charge in [-0.25, -0.2) is 12.8 Å². The topological polar surface area (TPSA) is 85.2 Å². The number of hydrogen-bond acceptors (Lipinski definition) is 4. The van der Waals surface area contributed by atoms with Gasteiger partial charge < -0.3 is 9.88 Å². The second-order valence-corrected chi connectivity index (χ2v) is 9.84. The highest BCUT2D eigenvalue weighted by Crippen LogP contribution is 2.24. The number of nitrogens with one attached hydrogen (secondary N) is 1. The first kappa shape index (κ1) is 23.4. The van der Waals surface area contributed by atoms with Gasteiger partial charge in [0.15, 0.2) is 0 Å². The van der Waals surface area contributed by atoms with E-state index in [9.17, 15) is 22.4 Å². The number of sulfone groups is 1. The van der Waals surface area contributed by atoms with Crippen LogP contribution in [0, 0.1) is 40.4 Å². The summed E-state index contributed by atoms with van der Waals surface area (Å²) in [5.74, 6) is -1.04. The number of aromatic nitrogens is 1. The maximum absolute atomic E-state index is 13.8. The molecule has 0 aliphatic heterocycles. The maximum atomic E-state index is 13.8. The fourth-order valence-corrected chi connectivity index (χ4v) is 5.08. The van der Waals surface area contributed by atoms with Crippen molar-refractivity contribution in [2.75, 3.05) is 5.32 Å². The quantitative estimate of drug-likeness (QED) is 0.629. The molecule has 0 saturated heterocycles. The number of anilines is 1. The molecule has 3 rings (SSSR count). The van der Waals surface area contributed by atoms with Crippen molar-refractivity contribution in [2.45, 2.75) is 51.0 Å². The minimum atomic E-state index is -4.10. The smallest absolute Gasteiger partial charge is 0.270 e. The number of halogens is 1. The summed E-state index contributed by atoms with van der Waals surface area (Å²) in [7, 11) is -4.10. The fraction of sp³-hybridized carbons (Fsp3) is 0.250. The molecule has 168 valence electrons. The van der Waals surface area contributed by atoms with Crippen LogP contribution < -0.4 is 10.9 Å². The molecule has 1 heterocycles. The first-order valence-corrected chi connectivity index (χ1v) is 11.5. The van der Waals surface area contributed by atoms with E-state index in [-0.39, 0.29) is 15.5 Å². The highest BCUT2D eigenvalue weighted by Gasteiger charge is 2.26. The molecule has 2 aromatic carbocycles. The number of carbonyl (C=O) groups excluding carboxylic acids is 1. The molecule has 0 fully saturated rings. The van der Waals surface area contributed by atoms with Crippen LogP contribution in [0.5, 0.6) is 0 Å². The van der Waals surface area contributed by atoms with E-state index in [0.717, 1.165) is 15.7 Å². The third kappa shape index (κ3) is 4.50. The highest BCUT2D eigenvalue weighted by molar-refractivity contribution is 7.91. The number of carbonyl (C=O) groups is 1. The van der Waals surface area contributed by atoms with Crippen molar-refractivity contribution in [3.8, 4) is 0 Å². The molecule has 32 heavy (non-hydrogen) atoms. The van der Waals surface area contributed by atoms with Crippen LogP contribution in [0.15, 0.2) is 57.1 Å². The van der Waals surface area contributed by atoms with E-state index in [4.69, 9.17) is 0 Å². The molecule has 8 heteroatoms. The van der Waals surface area contributed by atoms with Crippen molar-refractivity contribution < 1.29 is 17.6 Å². The summed E-state index contributed by atoms with van der Waals surface area (Å²) in [6.45, 7) is 8.05. The van der Waals surface area contributed by atoms with Gasteiger partial charge >= 0.3 is 0 Å². The first-order valence-electron chi connectivity index (χ1n) is 10.0. The fourth-order valence-electron chi connectivity index (χ4n) is 3.45. The largest absolute Gasteiger partial charge is 0.324 e. The van der Waals surface area contributed by atoms with Crippen LogP contribution in [0.25, 0.3) is 0 Å². The van der Waals surface area contributed by atoms with Gasteiger partial charge in [-0.3, -0.25) is 9.59 Å². The average molecular weight is 457 g/mol. The predicted molar refractivity (Wildman–Crippen MR) is 121 cm³/mol. The van der Waals surface area contributed by atoms with Gasteiger partial charge in [-0.15, -0.1) is 0 Å². The SMILES string of the molecule is Cc1ccc(S(=O)(=O)c2c(C)cc(C)n(CC(=O)Nc3ccc(C)c(F)c3)c2=O)cc1C. The lowest BCUT2D eigenvalue weighted by molar-refractivity contribution is -0.116. The van der Waals surface area contributed by atoms with E-state index in [0.29, 0.717) is 16.8 Å². The standard InChI is InChI=1S/C24H25FN2O4S/c1-14-7-9-20(11-16(14)3)32(30,31)23-17(4)10-18(5)27(24(23)29)13-22(28)26-19-8-6-15(2)21(25)12-19/h6-12H,13H2,1-5H3,(H,26,28). The van der Waals surface area contributed by atoms with Crippen LogP contribution in [0.1, 0.15) is 27.9 Å². The number of pyridine rings is 1. The molecule has 1 aromatic heterocycles. The van der Waals surface area contributed by atoms with Gasteiger partial charge in [0.1, 0.15) is 17.3 Å². The molecule has 0 atom stereocenters. The Morgan fingerprint density at radius 3 is 2.19 bits per heavy atom. The minimum Gasteiger partial charge on any atom is -0.324 e. The Morgan fingerprint density at radius 1 is 0.906 bits per heavy atom. The van der Waals surface area contributed by atoms with Crippen LogP contribution in [0.2, 0.25) is 0 Å². The molecule has 0 aliphatic carbocycles. The van der Waals surface area contributed by atoms with E-state index in [1.165, 1.54) is 24.3 Å². The van der Waals surface area contributed by atoms with Gasteiger partial charge in [0.25, 0.3) is 5.56 Å². The molecule has 0 spiro atoms. The van der Waals surface area contributed by atoms with Crippen LogP contribution in [0.4, 0.5) is 10.1 Å². The van der Waals surface area contributed by atoms with Crippen molar-refractivity contribution >= 4 is 21.4 Å². The molecule has 0 saturated carbocycles. The maximum Gasteiger partial charge on any atom is 0.270 e. The Labute approximate surface area is 186 Å². The molecule has 1 amide bonds. The van der Waals surface area contributed by atoms with Gasteiger partial charge in [0.05, 0.1) is 4.90 Å². The van der Waals surface area contributed by atoms with E-state index >= 15 is 0 Å². The van der Waals surface area contributed by atoms with Crippen LogP contribution in [0.3, 0.4) is 0 Å². The zero-order valence-electron chi connectivity index (χ0n) is 18.6. The molecule has 0 bridgehead atoms. The summed E-state index contributed by atoms with van der Waals surface area (Å²) in [5.41, 5.74) is 2.39. The molecular formula is C24H25FN2O4S. The van der Waals surface area contributed by atoms with Crippen molar-refractivity contribution in [1.29, 1.82) is 0 Å². The summed E-state index contributed by atoms with van der Waals surface area (Å²) in [4.78, 5) is 25.4. The van der Waals surface area contributed by atoms with Crippen molar-refractivity contribution in [3.63, 3.8) is 0 Å². The number of amides is 1. The molecule has 0 aliphatic rings. The van der Waals surface area contributed by atoms with Gasteiger partial charge in [-0.2, -0.15) is 0 Å². The van der Waals surface area contributed by atoms with Crippen LogP contribution >= 0.6 is 0 Å². The molecule has 6 nitrogen and oxygen atoms in total. The van der Waals surface area contributed by atoms with Gasteiger partial charge in [0, 0.05) is 11.4 Å². The zero-order chi connectivity index (χ0) is 23.8. The molecule has 0 unspecified atom stereocenters. The Bertz CT molecular complexity index is 1390. The minimum absolute atomic E-state index is 0.0239. The number of hydrogen-bond donors (Lipinski definition) is 1. The Balaban J connectivity index is 2.01. The van der Waals surface area contributed by atoms with Gasteiger partial charge in [0.2, 0.25) is 15.7 Å². The second kappa shape index (κ2) is 8.70. The predicted octanol–water partition coefficient (Wildman–Crippen LogP) is 4.00. The molecule has 1 N–H and O–H groups in total. The third-order valence-corrected chi connectivity index (χ3v) is 7.37. The van der Waals surface area contributed by atoms with Crippen LogP contribution in [-0.4, -0.2) is 18.9 Å². The number of benzene rings is 2. The summed E-state index contributed by atoms with van der Waals surface area (Å²) < 4.78 is 41.5. The van der Waals surface area contributed by atoms with E-state index in [1.54, 1.807) is 45.9 Å². The van der Waals surface area contributed by atoms with Crippen molar-refractivity contribution in [1.82, 2.24) is 4.57 Å². The average Bonchev–Trinajstić information content (AvgIpc) is 2.69. The zero-order valence-corrected chi connectivity index (χ0v) is 19.4. The monoisotopic (exact) mass is 456 g/mol. The molecule has 0 radical (unpaired) electrons. The summed E-state index contributed by atoms with van der Waals surface area (Å²) >= 11 is 0. The van der Waals surface area contributed by atoms with E-state index in [2.05, 4.69) is 5.32 Å². The van der Waals surface area contributed by atoms with E-state index in [1.807, 2.05) is 6.92 Å². The number of aryl methyl sites for hydroxylation is 5. The lowest BCUT2D eigenvalue weighted by atomic mass is 10.1. The van der Waals surface area contributed by atoms with Crippen LogP contribution in [-0.2, 0) is 21.2 Å². The Kier molecular flexibility index (Phi) is 6.37. The normalized spacial score (nSPS) is 11.4. The summed E-state index contributed by atoms with van der Waals surface area (Å²) in [6.07, 6.45) is 0. The number of nitrogens with zero attached hydrogens (tertiary/aromatic N) is 1. The van der Waals surface area contributed by atoms with Gasteiger partial charge in [-0.1, -0.05) is 12.1 Å². The summed E-state index contributed by atoms with van der Waals surface area (Å²) in [6, 6.07) is 10.5. The Morgan fingerprint density at radius 2 is 1.56 bits per heavy atom. The van der Waals surface area contributed by atoms with Gasteiger partial charge in [-0.05, 0) is 87.2 Å². The number of rotatable bonds is 5. The first-order chi connectivity index (χ1) is 14.9. The van der Waals surface area contributed by atoms with E-state index < -0.39 is 33.7 Å². The lowest BCUT2D eigenvalue weighted by Gasteiger charge is -2.15. The van der Waals surface area contributed by atoms with Crippen molar-refractivity contribution in [3.05, 3.63) is 86.6 Å². The Hall–Kier alpha value is -3.26. The summed E-state index contributed by atoms with van der Waals surface area (Å²) in [5, 5.41) is 2.54. The van der Waals surface area contributed by atoms with Crippen molar-refractivity contribution in [2.24, 2.45) is 0 Å². The highest BCUT2D eigenvalue weighted by atomic mass is 32.2. The second-order valence-electron chi connectivity index (χ2n) is 7.95. The lowest BCUT2D eigenvalue weighted by Crippen LogP contribution is -2.33.